The molecule has 166 valence electrons. The molecular formula is C25H25FIN3O2. The number of alkyl halides is 1. The lowest BCUT2D eigenvalue weighted by atomic mass is 9.89. The Hall–Kier alpha value is -2.55. The highest BCUT2D eigenvalue weighted by atomic mass is 127. The molecular weight excluding hydrogens is 520 g/mol. The standard InChI is InChI=1S/C25H25FIN3O2/c1-17-7-9-20(22-6-2-3-11-28-22)21(13-17)25(31)30-12-4-5-18(23(30)14-27)16-32-24-10-8-19(26)15-29-24/h2-3,6-11,13,15,18,23H,4-5,12,14,16H2,1H3/t18-,23?/m1/s1. The van der Waals surface area contributed by atoms with Gasteiger partial charge in [0.15, 0.2) is 0 Å². The van der Waals surface area contributed by atoms with Crippen molar-refractivity contribution in [1.29, 1.82) is 0 Å². The summed E-state index contributed by atoms with van der Waals surface area (Å²) in [7, 11) is 0. The number of aromatic nitrogens is 2. The normalized spacial score (nSPS) is 18.4. The van der Waals surface area contributed by atoms with Gasteiger partial charge in [-0.25, -0.2) is 9.37 Å². The van der Waals surface area contributed by atoms with E-state index in [-0.39, 0.29) is 17.9 Å². The predicted molar refractivity (Wildman–Crippen MR) is 131 cm³/mol. The van der Waals surface area contributed by atoms with Gasteiger partial charge in [0.1, 0.15) is 5.82 Å². The van der Waals surface area contributed by atoms with Crippen LogP contribution in [0.15, 0.2) is 60.9 Å². The van der Waals surface area contributed by atoms with E-state index < -0.39 is 5.82 Å². The van der Waals surface area contributed by atoms with E-state index in [9.17, 15) is 9.18 Å². The van der Waals surface area contributed by atoms with Crippen molar-refractivity contribution in [3.8, 4) is 17.1 Å². The number of nitrogens with zero attached hydrogens (tertiary/aromatic N) is 3. The van der Waals surface area contributed by atoms with E-state index in [1.165, 1.54) is 12.1 Å². The number of likely N-dealkylation sites (tertiary alicyclic amines) is 1. The van der Waals surface area contributed by atoms with E-state index >= 15 is 0 Å². The molecule has 3 heterocycles. The van der Waals surface area contributed by atoms with E-state index in [0.717, 1.165) is 40.3 Å². The van der Waals surface area contributed by atoms with Crippen molar-refractivity contribution < 1.29 is 13.9 Å². The highest BCUT2D eigenvalue weighted by Crippen LogP contribution is 2.31. The lowest BCUT2D eigenvalue weighted by molar-refractivity contribution is 0.0466. The van der Waals surface area contributed by atoms with Crippen molar-refractivity contribution in [2.45, 2.75) is 25.8 Å². The van der Waals surface area contributed by atoms with Gasteiger partial charge >= 0.3 is 0 Å². The summed E-state index contributed by atoms with van der Waals surface area (Å²) in [5, 5.41) is 0. The molecule has 1 unspecified atom stereocenters. The van der Waals surface area contributed by atoms with Gasteiger partial charge in [-0.15, -0.1) is 0 Å². The molecule has 0 aliphatic carbocycles. The van der Waals surface area contributed by atoms with Gasteiger partial charge in [-0.1, -0.05) is 46.4 Å². The number of pyridine rings is 2. The maximum Gasteiger partial charge on any atom is 0.254 e. The van der Waals surface area contributed by atoms with Crippen LogP contribution in [0.1, 0.15) is 28.8 Å². The van der Waals surface area contributed by atoms with E-state index in [0.29, 0.717) is 24.6 Å². The van der Waals surface area contributed by atoms with Crippen LogP contribution >= 0.6 is 22.6 Å². The van der Waals surface area contributed by atoms with Gasteiger partial charge in [0, 0.05) is 46.3 Å². The van der Waals surface area contributed by atoms with E-state index in [2.05, 4.69) is 32.6 Å². The maximum absolute atomic E-state index is 13.8. The number of rotatable bonds is 6. The van der Waals surface area contributed by atoms with Crippen LogP contribution in [0.2, 0.25) is 0 Å². The van der Waals surface area contributed by atoms with Crippen molar-refractivity contribution in [1.82, 2.24) is 14.9 Å². The van der Waals surface area contributed by atoms with E-state index in [4.69, 9.17) is 4.74 Å². The van der Waals surface area contributed by atoms with Gasteiger partial charge in [0.25, 0.3) is 5.91 Å². The molecule has 0 N–H and O–H groups in total. The molecule has 7 heteroatoms. The van der Waals surface area contributed by atoms with Crippen LogP contribution in [0, 0.1) is 18.7 Å². The summed E-state index contributed by atoms with van der Waals surface area (Å²) in [5.41, 5.74) is 3.36. The Kier molecular flexibility index (Phi) is 7.34. The summed E-state index contributed by atoms with van der Waals surface area (Å²) in [5.74, 6) is 0.220. The Balaban J connectivity index is 1.56. The number of hydrogen-bond acceptors (Lipinski definition) is 4. The maximum atomic E-state index is 13.8. The van der Waals surface area contributed by atoms with Crippen LogP contribution in [0.3, 0.4) is 0 Å². The number of carbonyl (C=O) groups is 1. The Bertz CT molecular complexity index is 1060. The molecule has 2 aromatic heterocycles. The number of hydrogen-bond donors (Lipinski definition) is 0. The molecule has 4 rings (SSSR count). The predicted octanol–water partition coefficient (Wildman–Crippen LogP) is 5.33. The summed E-state index contributed by atoms with van der Waals surface area (Å²) in [4.78, 5) is 24.2. The zero-order valence-electron chi connectivity index (χ0n) is 17.9. The molecule has 0 bridgehead atoms. The highest BCUT2D eigenvalue weighted by Gasteiger charge is 2.35. The minimum absolute atomic E-state index is 0.0284. The average molecular weight is 545 g/mol. The van der Waals surface area contributed by atoms with Crippen LogP contribution in [0.25, 0.3) is 11.3 Å². The number of aryl methyl sites for hydroxylation is 1. The van der Waals surface area contributed by atoms with Gasteiger partial charge in [0.2, 0.25) is 5.88 Å². The third kappa shape index (κ3) is 5.09. The molecule has 1 saturated heterocycles. The second-order valence-electron chi connectivity index (χ2n) is 8.01. The molecule has 32 heavy (non-hydrogen) atoms. The zero-order chi connectivity index (χ0) is 22.5. The number of carbonyl (C=O) groups excluding carboxylic acids is 1. The van der Waals surface area contributed by atoms with Gasteiger partial charge in [0.05, 0.1) is 18.5 Å². The van der Waals surface area contributed by atoms with E-state index in [1.54, 1.807) is 6.20 Å². The van der Waals surface area contributed by atoms with Crippen LogP contribution < -0.4 is 4.74 Å². The van der Waals surface area contributed by atoms with Crippen molar-refractivity contribution in [2.24, 2.45) is 5.92 Å². The van der Waals surface area contributed by atoms with Crippen molar-refractivity contribution >= 4 is 28.5 Å². The third-order valence-corrected chi connectivity index (χ3v) is 6.73. The first-order chi connectivity index (χ1) is 15.6. The molecule has 1 aliphatic heterocycles. The monoisotopic (exact) mass is 545 g/mol. The first kappa shape index (κ1) is 22.6. The summed E-state index contributed by atoms with van der Waals surface area (Å²) in [6.07, 6.45) is 4.78. The summed E-state index contributed by atoms with van der Waals surface area (Å²) in [6, 6.07) is 14.6. The van der Waals surface area contributed by atoms with Crippen LogP contribution in [0.5, 0.6) is 5.88 Å². The fourth-order valence-electron chi connectivity index (χ4n) is 4.17. The molecule has 1 aromatic carbocycles. The summed E-state index contributed by atoms with van der Waals surface area (Å²) < 4.78 is 19.8. The van der Waals surface area contributed by atoms with Crippen LogP contribution in [-0.4, -0.2) is 44.4 Å². The fraction of sp³-hybridized carbons (Fsp3) is 0.320. The Morgan fingerprint density at radius 1 is 1.22 bits per heavy atom. The van der Waals surface area contributed by atoms with Crippen LogP contribution in [0.4, 0.5) is 4.39 Å². The minimum atomic E-state index is -0.390. The quantitative estimate of drug-likeness (QED) is 0.311. The van der Waals surface area contributed by atoms with Gasteiger partial charge in [-0.3, -0.25) is 9.78 Å². The lowest BCUT2D eigenvalue weighted by Crippen LogP contribution is -2.51. The minimum Gasteiger partial charge on any atom is -0.477 e. The lowest BCUT2D eigenvalue weighted by Gasteiger charge is -2.40. The molecule has 0 radical (unpaired) electrons. The Morgan fingerprint density at radius 2 is 2.09 bits per heavy atom. The molecule has 2 atom stereocenters. The number of ether oxygens (including phenoxy) is 1. The number of benzene rings is 1. The van der Waals surface area contributed by atoms with Gasteiger partial charge in [-0.05, 0) is 44.0 Å². The number of halogens is 2. The molecule has 5 nitrogen and oxygen atoms in total. The topological polar surface area (TPSA) is 55.3 Å². The van der Waals surface area contributed by atoms with Gasteiger partial charge < -0.3 is 9.64 Å². The second kappa shape index (κ2) is 10.4. The largest absolute Gasteiger partial charge is 0.477 e. The SMILES string of the molecule is Cc1ccc(-c2ccccn2)c(C(=O)N2CCC[C@H](COc3ccc(F)cn3)C2CI)c1. The Morgan fingerprint density at radius 3 is 2.81 bits per heavy atom. The van der Waals surface area contributed by atoms with Crippen molar-refractivity contribution in [3.63, 3.8) is 0 Å². The zero-order valence-corrected chi connectivity index (χ0v) is 20.0. The van der Waals surface area contributed by atoms with E-state index in [1.807, 2.05) is 48.2 Å². The average Bonchev–Trinajstić information content (AvgIpc) is 2.83. The first-order valence-electron chi connectivity index (χ1n) is 10.7. The molecule has 0 saturated carbocycles. The fourth-order valence-corrected chi connectivity index (χ4v) is 5.36. The third-order valence-electron chi connectivity index (χ3n) is 5.83. The van der Waals surface area contributed by atoms with Gasteiger partial charge in [-0.2, -0.15) is 0 Å². The molecule has 1 amide bonds. The first-order valence-corrected chi connectivity index (χ1v) is 12.2. The summed E-state index contributed by atoms with van der Waals surface area (Å²) >= 11 is 2.35. The van der Waals surface area contributed by atoms with Crippen molar-refractivity contribution in [2.75, 3.05) is 17.6 Å². The van der Waals surface area contributed by atoms with Crippen LogP contribution in [-0.2, 0) is 0 Å². The molecule has 1 fully saturated rings. The Labute approximate surface area is 201 Å². The number of amides is 1. The summed E-state index contributed by atoms with van der Waals surface area (Å²) in [6.45, 7) is 3.15. The molecule has 1 aliphatic rings. The molecule has 0 spiro atoms. The smallest absolute Gasteiger partial charge is 0.254 e. The molecule has 3 aromatic rings. The number of piperidine rings is 1. The second-order valence-corrected chi connectivity index (χ2v) is 8.89. The van der Waals surface area contributed by atoms with Crippen molar-refractivity contribution in [3.05, 3.63) is 77.9 Å². The highest BCUT2D eigenvalue weighted by molar-refractivity contribution is 14.1.